The summed E-state index contributed by atoms with van der Waals surface area (Å²) >= 11 is 0. The lowest BCUT2D eigenvalue weighted by Crippen LogP contribution is -2.45. The average molecular weight is 1350 g/mol. The first-order valence-corrected chi connectivity index (χ1v) is 33.8. The number of fused-ring (bicyclic) bond motifs is 6. The molecule has 4 amide bonds. The van der Waals surface area contributed by atoms with Gasteiger partial charge < -0.3 is 54.8 Å². The number of nitrogens with one attached hydrogen (secondary N) is 4. The normalized spacial score (nSPS) is 17.9. The number of anilines is 2. The van der Waals surface area contributed by atoms with Gasteiger partial charge in [0, 0.05) is 69.0 Å². The van der Waals surface area contributed by atoms with Crippen LogP contribution in [0.15, 0.2) is 97.1 Å². The second kappa shape index (κ2) is 32.5. The highest BCUT2D eigenvalue weighted by atomic mass is 19.1. The van der Waals surface area contributed by atoms with Gasteiger partial charge in [-0.1, -0.05) is 82.3 Å². The largest absolute Gasteiger partial charge is 0.465 e. The maximum absolute atomic E-state index is 14.4. The molecule has 2 aliphatic heterocycles. The number of amides is 4. The van der Waals surface area contributed by atoms with Gasteiger partial charge in [-0.25, -0.2) is 18.4 Å². The zero-order valence-corrected chi connectivity index (χ0v) is 57.8. The fourth-order valence-corrected chi connectivity index (χ4v) is 12.8. The average Bonchev–Trinajstić information content (AvgIpc) is 1.24. The van der Waals surface area contributed by atoms with E-state index in [9.17, 15) is 42.7 Å². The molecule has 5 N–H and O–H groups in total. The molecular formula is C77H90F2N6O13. The number of carbonyl (C=O) groups is 6. The van der Waals surface area contributed by atoms with Crippen molar-refractivity contribution in [3.63, 3.8) is 0 Å². The highest BCUT2D eigenvalue weighted by molar-refractivity contribution is 5.97. The van der Waals surface area contributed by atoms with Crippen molar-refractivity contribution in [1.82, 2.24) is 20.6 Å². The Balaban J connectivity index is 0.000000232. The number of hydrogen-bond donors (Lipinski definition) is 5. The van der Waals surface area contributed by atoms with Gasteiger partial charge in [0.05, 0.1) is 55.8 Å². The standard InChI is InChI=1S/C42H52FN3O7.C35H38FN3O6/c1-9-50-36(48)24-44-40(49)45-29-17-19-32-27(21-29)11-10-12-34-38(32)37(26-13-15-28(43)16-14-26)33(39(46-34)25(2)3)20-18-30-22-31(52-42(7,8)51-30)23-35(47)53-41(4,5)6;1-4-44-31(42)19-37-35(43)38-24-12-14-27-22(16-24)6-5-7-29-33(27)32(21-8-10-23(36)11-9-21)28(34(39-29)20(2)3)15-13-26-17-25(40)18-30(41)45-26/h13-21,25,30-31H,9-12,22-24H2,1-8H3,(H2,44,45,49);8-16,20,25-26,40H,4-7,17-19H2,1-3H3,(H2,37,38,43)/b20-18+;15-13+/t30-,31-;25-,26-/m11/s1. The van der Waals surface area contributed by atoms with E-state index in [-0.39, 0.29) is 74.7 Å². The first-order valence-electron chi connectivity index (χ1n) is 33.8. The van der Waals surface area contributed by atoms with Crippen LogP contribution in [0.1, 0.15) is 172 Å². The third-order valence-corrected chi connectivity index (χ3v) is 16.8. The molecule has 2 saturated heterocycles. The predicted molar refractivity (Wildman–Crippen MR) is 372 cm³/mol. The number of halogens is 2. The fraction of sp³-hybridized carbons (Fsp3) is 0.429. The Morgan fingerprint density at radius 3 is 1.52 bits per heavy atom. The van der Waals surface area contributed by atoms with Gasteiger partial charge in [0.2, 0.25) is 0 Å². The molecule has 2 fully saturated rings. The van der Waals surface area contributed by atoms with E-state index in [1.807, 2.05) is 83.2 Å². The van der Waals surface area contributed by atoms with Crippen LogP contribution in [0.3, 0.4) is 0 Å². The van der Waals surface area contributed by atoms with Gasteiger partial charge in [-0.15, -0.1) is 0 Å². The third kappa shape index (κ3) is 19.3. The van der Waals surface area contributed by atoms with Gasteiger partial charge in [-0.05, 0) is 187 Å². The number of aliphatic hydroxyl groups is 1. The number of carbonyl (C=O) groups excluding carboxylic acids is 6. The second-order valence-corrected chi connectivity index (χ2v) is 26.9. The Morgan fingerprint density at radius 2 is 1.09 bits per heavy atom. The van der Waals surface area contributed by atoms with E-state index in [4.69, 9.17) is 38.4 Å². The van der Waals surface area contributed by atoms with Crippen molar-refractivity contribution >= 4 is 59.5 Å². The molecular weight excluding hydrogens is 1250 g/mol. The Hall–Kier alpha value is -9.18. The van der Waals surface area contributed by atoms with Gasteiger partial charge >= 0.3 is 35.9 Å². The van der Waals surface area contributed by atoms with E-state index in [0.29, 0.717) is 24.2 Å². The lowest BCUT2D eigenvalue weighted by atomic mass is 9.85. The molecule has 2 aliphatic carbocycles. The number of ether oxygens (including phenoxy) is 6. The number of urea groups is 2. The van der Waals surface area contributed by atoms with Crippen molar-refractivity contribution in [2.45, 2.75) is 188 Å². The molecule has 0 bridgehead atoms. The van der Waals surface area contributed by atoms with Crippen LogP contribution in [0.4, 0.5) is 29.7 Å². The molecule has 0 radical (unpaired) electrons. The van der Waals surface area contributed by atoms with Crippen molar-refractivity contribution in [1.29, 1.82) is 0 Å². The molecule has 0 spiro atoms. The first-order chi connectivity index (χ1) is 46.6. The van der Waals surface area contributed by atoms with Gasteiger partial charge in [0.1, 0.15) is 36.4 Å². The highest BCUT2D eigenvalue weighted by Crippen LogP contribution is 2.47. The summed E-state index contributed by atoms with van der Waals surface area (Å²) in [6.07, 6.45) is 11.1. The minimum Gasteiger partial charge on any atom is -0.465 e. The van der Waals surface area contributed by atoms with E-state index in [1.165, 1.54) is 24.3 Å². The molecule has 0 unspecified atom stereocenters. The Labute approximate surface area is 571 Å². The molecule has 0 saturated carbocycles. The zero-order valence-electron chi connectivity index (χ0n) is 57.8. The number of benzene rings is 4. The highest BCUT2D eigenvalue weighted by Gasteiger charge is 2.37. The fourth-order valence-electron chi connectivity index (χ4n) is 12.8. The van der Waals surface area contributed by atoms with Crippen LogP contribution in [-0.4, -0.2) is 113 Å². The predicted octanol–water partition coefficient (Wildman–Crippen LogP) is 14.4. The SMILES string of the molecule is CCOC(=O)CNC(=O)Nc1ccc2c(c1)CCCc1nc(C(C)C)c(/C=C/[C@@H]3C[C@@H](O)CC(=O)O3)c(-c3ccc(F)cc3)c1-2.CCOC(=O)CNC(=O)Nc1ccc2c(c1)CCCc1nc(C(C)C)c(/C=C/[C@@H]3C[C@H](CC(=O)OC(C)(C)C)OC(C)(C)O3)c(-c3ccc(F)cc3)c1-2. The molecule has 6 aromatic rings. The van der Waals surface area contributed by atoms with Gasteiger partial charge in [0.25, 0.3) is 0 Å². The number of aryl methyl sites for hydroxylation is 4. The summed E-state index contributed by atoms with van der Waals surface area (Å²) in [6, 6.07) is 23.3. The molecule has 4 heterocycles. The Kier molecular flexibility index (Phi) is 24.2. The lowest BCUT2D eigenvalue weighted by Gasteiger charge is -2.40. The molecule has 19 nitrogen and oxygen atoms in total. The number of pyridine rings is 2. The first kappa shape index (κ1) is 73.1. The summed E-state index contributed by atoms with van der Waals surface area (Å²) in [5.41, 5.74) is 15.3. The van der Waals surface area contributed by atoms with Crippen LogP contribution in [0, 0.1) is 11.6 Å². The lowest BCUT2D eigenvalue weighted by molar-refractivity contribution is -0.290. The number of rotatable bonds is 18. The summed E-state index contributed by atoms with van der Waals surface area (Å²) in [7, 11) is 0. The van der Waals surface area contributed by atoms with Crippen LogP contribution in [-0.2, 0) is 73.3 Å². The summed E-state index contributed by atoms with van der Waals surface area (Å²) < 4.78 is 61.8. The van der Waals surface area contributed by atoms with Gasteiger partial charge in [0.15, 0.2) is 5.79 Å². The van der Waals surface area contributed by atoms with E-state index in [0.717, 1.165) is 128 Å². The van der Waals surface area contributed by atoms with Crippen LogP contribution < -0.4 is 21.3 Å². The van der Waals surface area contributed by atoms with Crippen molar-refractivity contribution < 1.29 is 71.1 Å². The summed E-state index contributed by atoms with van der Waals surface area (Å²) in [6.45, 7) is 21.0. The van der Waals surface area contributed by atoms with Crippen LogP contribution >= 0.6 is 0 Å². The van der Waals surface area contributed by atoms with E-state index >= 15 is 0 Å². The molecule has 10 rings (SSSR count). The maximum atomic E-state index is 14.4. The van der Waals surface area contributed by atoms with E-state index in [2.05, 4.69) is 49.0 Å². The summed E-state index contributed by atoms with van der Waals surface area (Å²) in [5.74, 6) is -3.30. The Bertz CT molecular complexity index is 3970. The number of nitrogens with zero attached hydrogens (tertiary/aromatic N) is 2. The number of aromatic nitrogens is 2. The Morgan fingerprint density at radius 1 is 0.633 bits per heavy atom. The maximum Gasteiger partial charge on any atom is 0.325 e. The van der Waals surface area contributed by atoms with Gasteiger partial charge in [-0.2, -0.15) is 0 Å². The molecule has 4 aromatic carbocycles. The third-order valence-electron chi connectivity index (χ3n) is 16.8. The van der Waals surface area contributed by atoms with Gasteiger partial charge in [-0.3, -0.25) is 29.1 Å². The molecule has 21 heteroatoms. The van der Waals surface area contributed by atoms with Crippen LogP contribution in [0.25, 0.3) is 56.7 Å². The number of esters is 4. The van der Waals surface area contributed by atoms with Crippen molar-refractivity contribution in [2.75, 3.05) is 36.9 Å². The van der Waals surface area contributed by atoms with Crippen LogP contribution in [0.5, 0.6) is 0 Å². The minimum atomic E-state index is -0.937. The van der Waals surface area contributed by atoms with E-state index in [1.54, 1.807) is 50.3 Å². The van der Waals surface area contributed by atoms with E-state index < -0.39 is 59.7 Å². The number of aliphatic hydroxyl groups excluding tert-OH is 1. The quantitative estimate of drug-likeness (QED) is 0.0396. The number of cyclic esters (lactones) is 1. The number of hydrogen-bond acceptors (Lipinski definition) is 15. The molecule has 520 valence electrons. The smallest absolute Gasteiger partial charge is 0.325 e. The summed E-state index contributed by atoms with van der Waals surface area (Å²) in [5, 5.41) is 20.8. The molecule has 4 aliphatic rings. The molecule has 4 atom stereocenters. The van der Waals surface area contributed by atoms with Crippen molar-refractivity contribution in [3.8, 4) is 44.5 Å². The van der Waals surface area contributed by atoms with Crippen molar-refractivity contribution in [2.24, 2.45) is 0 Å². The monoisotopic (exact) mass is 1340 g/mol. The summed E-state index contributed by atoms with van der Waals surface area (Å²) in [4.78, 5) is 83.8. The van der Waals surface area contributed by atoms with Crippen LogP contribution in [0.2, 0.25) is 0 Å². The second-order valence-electron chi connectivity index (χ2n) is 26.9. The van der Waals surface area contributed by atoms with Crippen molar-refractivity contribution in [3.05, 3.63) is 154 Å². The minimum absolute atomic E-state index is 0.0243. The zero-order chi connectivity index (χ0) is 70.6. The topological polar surface area (TPSA) is 252 Å². The molecule has 98 heavy (non-hydrogen) atoms. The molecule has 2 aromatic heterocycles.